The number of carbonyl (C=O) groups excluding carboxylic acids is 2. The van der Waals surface area contributed by atoms with E-state index in [1.54, 1.807) is 0 Å². The molecule has 0 aromatic heterocycles. The zero-order valence-electron chi connectivity index (χ0n) is 15.1. The molecule has 4 N–H and O–H groups in total. The van der Waals surface area contributed by atoms with E-state index in [-0.39, 0.29) is 23.7 Å². The van der Waals surface area contributed by atoms with Crippen LogP contribution >= 0.6 is 0 Å². The van der Waals surface area contributed by atoms with Gasteiger partial charge in [-0.2, -0.15) is 0 Å². The number of carboxylic acids is 1. The molecule has 1 heterocycles. The molecule has 24 heavy (non-hydrogen) atoms. The quantitative estimate of drug-likeness (QED) is 0.609. The Bertz CT molecular complexity index is 467. The Kier molecular flexibility index (Phi) is 7.66. The van der Waals surface area contributed by atoms with Crippen LogP contribution in [0.25, 0.3) is 0 Å². The number of hydrogen-bond donors (Lipinski definition) is 3. The van der Waals surface area contributed by atoms with Crippen molar-refractivity contribution in [3.05, 3.63) is 0 Å². The first-order valence-corrected chi connectivity index (χ1v) is 8.78. The summed E-state index contributed by atoms with van der Waals surface area (Å²) in [6.07, 6.45) is 2.35. The molecule has 4 atom stereocenters. The predicted octanol–water partition coefficient (Wildman–Crippen LogP) is 0.966. The van der Waals surface area contributed by atoms with Crippen molar-refractivity contribution in [1.82, 2.24) is 10.2 Å². The van der Waals surface area contributed by atoms with E-state index < -0.39 is 24.1 Å². The van der Waals surface area contributed by atoms with Gasteiger partial charge in [0.15, 0.2) is 0 Å². The molecule has 138 valence electrons. The van der Waals surface area contributed by atoms with Crippen molar-refractivity contribution in [2.24, 2.45) is 17.6 Å². The second kappa shape index (κ2) is 9.01. The first-order valence-electron chi connectivity index (χ1n) is 8.78. The van der Waals surface area contributed by atoms with Crippen LogP contribution in [0.2, 0.25) is 0 Å². The molecule has 2 amide bonds. The zero-order valence-corrected chi connectivity index (χ0v) is 15.1. The molecule has 0 radical (unpaired) electrons. The van der Waals surface area contributed by atoms with Crippen molar-refractivity contribution in [2.45, 2.75) is 71.5 Å². The van der Waals surface area contributed by atoms with Crippen molar-refractivity contribution < 1.29 is 19.5 Å². The minimum Gasteiger partial charge on any atom is -0.480 e. The topological polar surface area (TPSA) is 113 Å². The van der Waals surface area contributed by atoms with Gasteiger partial charge in [-0.05, 0) is 31.1 Å². The van der Waals surface area contributed by atoms with E-state index in [2.05, 4.69) is 5.32 Å². The molecule has 0 bridgehead atoms. The van der Waals surface area contributed by atoms with Crippen LogP contribution in [-0.4, -0.2) is 52.5 Å². The van der Waals surface area contributed by atoms with E-state index in [1.807, 2.05) is 27.7 Å². The summed E-state index contributed by atoms with van der Waals surface area (Å²) in [5.74, 6) is -1.49. The Balaban J connectivity index is 2.87. The van der Waals surface area contributed by atoms with Crippen LogP contribution in [0, 0.1) is 11.8 Å². The third-order valence-electron chi connectivity index (χ3n) is 4.66. The van der Waals surface area contributed by atoms with Crippen molar-refractivity contribution in [3.63, 3.8) is 0 Å². The van der Waals surface area contributed by atoms with E-state index in [1.165, 1.54) is 4.90 Å². The number of nitrogens with two attached hydrogens (primary N) is 1. The highest BCUT2D eigenvalue weighted by Crippen LogP contribution is 2.21. The highest BCUT2D eigenvalue weighted by molar-refractivity contribution is 5.92. The number of carbonyl (C=O) groups is 3. The van der Waals surface area contributed by atoms with E-state index >= 15 is 0 Å². The first kappa shape index (κ1) is 20.4. The number of nitrogens with zero attached hydrogens (tertiary/aromatic N) is 1. The fraction of sp³-hybridized carbons (Fsp3) is 0.824. The molecular formula is C17H31N3O4. The highest BCUT2D eigenvalue weighted by Gasteiger charge is 2.39. The smallest absolute Gasteiger partial charge is 0.326 e. The summed E-state index contributed by atoms with van der Waals surface area (Å²) in [4.78, 5) is 37.9. The van der Waals surface area contributed by atoms with Gasteiger partial charge in [0.25, 0.3) is 0 Å². The number of hydrogen-bond acceptors (Lipinski definition) is 4. The van der Waals surface area contributed by atoms with Crippen LogP contribution in [0.5, 0.6) is 0 Å². The van der Waals surface area contributed by atoms with Crippen molar-refractivity contribution in [2.75, 3.05) is 6.54 Å². The summed E-state index contributed by atoms with van der Waals surface area (Å²) in [6, 6.07) is -2.20. The summed E-state index contributed by atoms with van der Waals surface area (Å²) < 4.78 is 0. The van der Waals surface area contributed by atoms with E-state index in [0.29, 0.717) is 32.2 Å². The molecule has 0 spiro atoms. The monoisotopic (exact) mass is 341 g/mol. The molecule has 1 aliphatic rings. The standard InChI is InChI=1S/C17H31N3O4/c1-5-11(4)14(19-15(21)12(18)9-10(2)3)16(22)20-8-6-7-13(20)17(23)24/h10-14H,5-9,18H2,1-4H3,(H,19,21)(H,23,24)/t11-,12-,13+,14-/m0/s1. The zero-order chi connectivity index (χ0) is 18.4. The van der Waals surface area contributed by atoms with Gasteiger partial charge >= 0.3 is 5.97 Å². The molecule has 0 aromatic carbocycles. The maximum Gasteiger partial charge on any atom is 0.326 e. The minimum atomic E-state index is -0.994. The van der Waals surface area contributed by atoms with Gasteiger partial charge < -0.3 is 21.1 Å². The lowest BCUT2D eigenvalue weighted by atomic mass is 9.96. The maximum atomic E-state index is 12.8. The molecule has 7 nitrogen and oxygen atoms in total. The van der Waals surface area contributed by atoms with E-state index in [4.69, 9.17) is 5.73 Å². The summed E-state index contributed by atoms with van der Waals surface area (Å²) in [7, 11) is 0. The SMILES string of the molecule is CC[C@H](C)[C@H](NC(=O)[C@@H](N)CC(C)C)C(=O)N1CCC[C@@H]1C(=O)O. The summed E-state index contributed by atoms with van der Waals surface area (Å²) >= 11 is 0. The van der Waals surface area contributed by atoms with Gasteiger partial charge in [0, 0.05) is 6.54 Å². The van der Waals surface area contributed by atoms with Gasteiger partial charge in [-0.25, -0.2) is 4.79 Å². The lowest BCUT2D eigenvalue weighted by Crippen LogP contribution is -2.56. The molecule has 0 unspecified atom stereocenters. The molecule has 1 saturated heterocycles. The fourth-order valence-electron chi connectivity index (χ4n) is 3.02. The van der Waals surface area contributed by atoms with E-state index in [9.17, 15) is 19.5 Å². The summed E-state index contributed by atoms with van der Waals surface area (Å²) in [5.41, 5.74) is 5.91. The van der Waals surface area contributed by atoms with Gasteiger partial charge in [-0.15, -0.1) is 0 Å². The normalized spacial score (nSPS) is 21.4. The van der Waals surface area contributed by atoms with Crippen LogP contribution in [0.3, 0.4) is 0 Å². The molecular weight excluding hydrogens is 310 g/mol. The number of amides is 2. The van der Waals surface area contributed by atoms with E-state index in [0.717, 1.165) is 0 Å². The maximum absolute atomic E-state index is 12.8. The molecule has 0 saturated carbocycles. The van der Waals surface area contributed by atoms with Crippen LogP contribution in [-0.2, 0) is 14.4 Å². The second-order valence-corrected chi connectivity index (χ2v) is 7.14. The molecule has 0 aliphatic carbocycles. The molecule has 1 aliphatic heterocycles. The molecule has 1 rings (SSSR count). The van der Waals surface area contributed by atoms with Gasteiger partial charge in [-0.3, -0.25) is 9.59 Å². The Morgan fingerprint density at radius 1 is 1.29 bits per heavy atom. The second-order valence-electron chi connectivity index (χ2n) is 7.14. The average Bonchev–Trinajstić information content (AvgIpc) is 3.00. The Morgan fingerprint density at radius 2 is 1.92 bits per heavy atom. The first-order chi connectivity index (χ1) is 11.2. The van der Waals surface area contributed by atoms with Gasteiger partial charge in [0.1, 0.15) is 12.1 Å². The average molecular weight is 341 g/mol. The van der Waals surface area contributed by atoms with Crippen LogP contribution in [0.15, 0.2) is 0 Å². The van der Waals surface area contributed by atoms with Crippen molar-refractivity contribution in [3.8, 4) is 0 Å². The number of rotatable bonds is 8. The molecule has 1 fully saturated rings. The number of likely N-dealkylation sites (tertiary alicyclic amines) is 1. The number of carboxylic acid groups (broad SMARTS) is 1. The van der Waals surface area contributed by atoms with Gasteiger partial charge in [0.2, 0.25) is 11.8 Å². The Morgan fingerprint density at radius 3 is 2.42 bits per heavy atom. The predicted molar refractivity (Wildman–Crippen MR) is 91.2 cm³/mol. The van der Waals surface area contributed by atoms with Crippen molar-refractivity contribution in [1.29, 1.82) is 0 Å². The largest absolute Gasteiger partial charge is 0.480 e. The minimum absolute atomic E-state index is 0.0947. The van der Waals surface area contributed by atoms with Gasteiger partial charge in [0.05, 0.1) is 6.04 Å². The summed E-state index contributed by atoms with van der Waals surface area (Å²) in [6.45, 7) is 8.18. The number of aliphatic carboxylic acids is 1. The van der Waals surface area contributed by atoms with Crippen LogP contribution in [0.1, 0.15) is 53.4 Å². The van der Waals surface area contributed by atoms with Crippen LogP contribution < -0.4 is 11.1 Å². The van der Waals surface area contributed by atoms with Gasteiger partial charge in [-0.1, -0.05) is 34.1 Å². The Hall–Kier alpha value is -1.63. The fourth-order valence-corrected chi connectivity index (χ4v) is 3.02. The lowest BCUT2D eigenvalue weighted by Gasteiger charge is -2.31. The Labute approximate surface area is 144 Å². The lowest BCUT2D eigenvalue weighted by molar-refractivity contribution is -0.150. The third-order valence-corrected chi connectivity index (χ3v) is 4.66. The molecule has 0 aromatic rings. The third kappa shape index (κ3) is 5.19. The molecule has 7 heteroatoms. The van der Waals surface area contributed by atoms with Crippen LogP contribution in [0.4, 0.5) is 0 Å². The summed E-state index contributed by atoms with van der Waals surface area (Å²) in [5, 5.41) is 12.0. The number of nitrogens with one attached hydrogen (secondary N) is 1. The highest BCUT2D eigenvalue weighted by atomic mass is 16.4. The van der Waals surface area contributed by atoms with Crippen molar-refractivity contribution >= 4 is 17.8 Å².